The number of hydrogen-bond acceptors (Lipinski definition) is 4. The number of hydrogen-bond donors (Lipinski definition) is 1. The molecule has 0 bridgehead atoms. The lowest BCUT2D eigenvalue weighted by Crippen LogP contribution is -2.39. The molecule has 5 heteroatoms. The Bertz CT molecular complexity index is 424. The van der Waals surface area contributed by atoms with Crippen LogP contribution < -0.4 is 5.32 Å². The van der Waals surface area contributed by atoms with E-state index in [1.165, 1.54) is 32.4 Å². The summed E-state index contributed by atoms with van der Waals surface area (Å²) in [5.41, 5.74) is 0. The average molecular weight is 277 g/mol. The maximum atomic E-state index is 4.47. The van der Waals surface area contributed by atoms with Crippen molar-refractivity contribution < 1.29 is 0 Å². The molecule has 2 heterocycles. The second-order valence-corrected chi connectivity index (χ2v) is 6.74. The minimum atomic E-state index is 0.612. The Kier molecular flexibility index (Phi) is 4.36. The molecule has 1 aliphatic carbocycles. The molecule has 0 amide bonds. The SMILES string of the molecule is CC(C)Cn1ncnc1CN1CCCNC(C2CC2)C1. The average Bonchev–Trinajstić information content (AvgIpc) is 3.17. The molecule has 1 aromatic rings. The smallest absolute Gasteiger partial charge is 0.141 e. The first-order valence-electron chi connectivity index (χ1n) is 8.05. The molecule has 5 nitrogen and oxygen atoms in total. The van der Waals surface area contributed by atoms with Gasteiger partial charge in [0.05, 0.1) is 6.54 Å². The number of aromatic nitrogens is 3. The summed E-state index contributed by atoms with van der Waals surface area (Å²) in [7, 11) is 0. The van der Waals surface area contributed by atoms with Gasteiger partial charge in [-0.05, 0) is 44.2 Å². The fraction of sp³-hybridized carbons (Fsp3) is 0.867. The molecule has 1 aliphatic heterocycles. The molecule has 2 fully saturated rings. The molecule has 1 atom stereocenters. The standard InChI is InChI=1S/C15H27N5/c1-12(2)8-20-15(17-11-18-20)10-19-7-3-6-16-14(9-19)13-4-5-13/h11-14,16H,3-10H2,1-2H3. The first-order valence-corrected chi connectivity index (χ1v) is 8.05. The van der Waals surface area contributed by atoms with E-state index in [0.29, 0.717) is 12.0 Å². The van der Waals surface area contributed by atoms with Gasteiger partial charge < -0.3 is 5.32 Å². The Labute approximate surface area is 121 Å². The molecule has 1 saturated heterocycles. The second kappa shape index (κ2) is 6.22. The third-order valence-electron chi connectivity index (χ3n) is 4.30. The van der Waals surface area contributed by atoms with Crippen LogP contribution >= 0.6 is 0 Å². The van der Waals surface area contributed by atoms with Gasteiger partial charge in [-0.3, -0.25) is 4.90 Å². The maximum absolute atomic E-state index is 4.47. The highest BCUT2D eigenvalue weighted by molar-refractivity contribution is 4.92. The summed E-state index contributed by atoms with van der Waals surface area (Å²) in [6, 6.07) is 0.693. The normalized spacial score (nSPS) is 25.1. The van der Waals surface area contributed by atoms with E-state index in [9.17, 15) is 0 Å². The zero-order valence-corrected chi connectivity index (χ0v) is 12.8. The number of nitrogens with one attached hydrogen (secondary N) is 1. The summed E-state index contributed by atoms with van der Waals surface area (Å²) in [6.07, 6.45) is 5.76. The molecule has 112 valence electrons. The quantitative estimate of drug-likeness (QED) is 0.886. The van der Waals surface area contributed by atoms with Gasteiger partial charge in [0, 0.05) is 19.1 Å². The Morgan fingerprint density at radius 2 is 2.25 bits per heavy atom. The van der Waals surface area contributed by atoms with Crippen LogP contribution in [0.25, 0.3) is 0 Å². The predicted octanol–water partition coefficient (Wildman–Crippen LogP) is 1.51. The van der Waals surface area contributed by atoms with Gasteiger partial charge in [-0.2, -0.15) is 5.10 Å². The second-order valence-electron chi connectivity index (χ2n) is 6.74. The molecular formula is C15H27N5. The summed E-state index contributed by atoms with van der Waals surface area (Å²) >= 11 is 0. The van der Waals surface area contributed by atoms with Gasteiger partial charge in [0.15, 0.2) is 0 Å². The van der Waals surface area contributed by atoms with Crippen LogP contribution in [0.2, 0.25) is 0 Å². The van der Waals surface area contributed by atoms with Crippen molar-refractivity contribution in [1.29, 1.82) is 0 Å². The van der Waals surface area contributed by atoms with E-state index >= 15 is 0 Å². The van der Waals surface area contributed by atoms with E-state index in [1.54, 1.807) is 6.33 Å². The summed E-state index contributed by atoms with van der Waals surface area (Å²) in [6.45, 7) is 9.86. The fourth-order valence-electron chi connectivity index (χ4n) is 3.09. The van der Waals surface area contributed by atoms with Crippen LogP contribution in [0.5, 0.6) is 0 Å². The first-order chi connectivity index (χ1) is 9.72. The van der Waals surface area contributed by atoms with Crippen molar-refractivity contribution in [1.82, 2.24) is 25.0 Å². The van der Waals surface area contributed by atoms with E-state index in [0.717, 1.165) is 31.4 Å². The largest absolute Gasteiger partial charge is 0.312 e. The van der Waals surface area contributed by atoms with E-state index in [2.05, 4.69) is 38.8 Å². The van der Waals surface area contributed by atoms with Crippen LogP contribution in [-0.2, 0) is 13.1 Å². The van der Waals surface area contributed by atoms with E-state index in [-0.39, 0.29) is 0 Å². The van der Waals surface area contributed by atoms with Crippen LogP contribution in [0.1, 0.15) is 38.9 Å². The van der Waals surface area contributed by atoms with Crippen molar-refractivity contribution >= 4 is 0 Å². The van der Waals surface area contributed by atoms with Crippen molar-refractivity contribution in [2.24, 2.45) is 11.8 Å². The molecule has 1 N–H and O–H groups in total. The van der Waals surface area contributed by atoms with Gasteiger partial charge >= 0.3 is 0 Å². The lowest BCUT2D eigenvalue weighted by atomic mass is 10.2. The van der Waals surface area contributed by atoms with Gasteiger partial charge in [0.1, 0.15) is 12.2 Å². The number of nitrogens with zero attached hydrogens (tertiary/aromatic N) is 4. The third-order valence-corrected chi connectivity index (χ3v) is 4.30. The van der Waals surface area contributed by atoms with Gasteiger partial charge in [0.2, 0.25) is 0 Å². The Hall–Kier alpha value is -0.940. The van der Waals surface area contributed by atoms with Gasteiger partial charge in [-0.1, -0.05) is 13.8 Å². The van der Waals surface area contributed by atoms with Gasteiger partial charge in [0.25, 0.3) is 0 Å². The van der Waals surface area contributed by atoms with Gasteiger partial charge in [-0.15, -0.1) is 0 Å². The summed E-state index contributed by atoms with van der Waals surface area (Å²) in [5, 5.41) is 8.09. The van der Waals surface area contributed by atoms with Crippen molar-refractivity contribution in [2.45, 2.75) is 52.2 Å². The Morgan fingerprint density at radius 1 is 1.40 bits per heavy atom. The lowest BCUT2D eigenvalue weighted by molar-refractivity contribution is 0.239. The minimum Gasteiger partial charge on any atom is -0.312 e. The van der Waals surface area contributed by atoms with Crippen molar-refractivity contribution in [3.63, 3.8) is 0 Å². The van der Waals surface area contributed by atoms with Gasteiger partial charge in [-0.25, -0.2) is 9.67 Å². The molecule has 1 unspecified atom stereocenters. The zero-order valence-electron chi connectivity index (χ0n) is 12.8. The lowest BCUT2D eigenvalue weighted by Gasteiger charge is -2.24. The van der Waals surface area contributed by atoms with Crippen LogP contribution in [0.4, 0.5) is 0 Å². The summed E-state index contributed by atoms with van der Waals surface area (Å²) in [4.78, 5) is 7.03. The van der Waals surface area contributed by atoms with Crippen molar-refractivity contribution in [2.75, 3.05) is 19.6 Å². The Balaban J connectivity index is 1.62. The molecule has 2 aliphatic rings. The van der Waals surface area contributed by atoms with Crippen LogP contribution in [-0.4, -0.2) is 45.3 Å². The highest BCUT2D eigenvalue weighted by Crippen LogP contribution is 2.33. The van der Waals surface area contributed by atoms with Crippen LogP contribution in [0.15, 0.2) is 6.33 Å². The topological polar surface area (TPSA) is 46.0 Å². The maximum Gasteiger partial charge on any atom is 0.141 e. The van der Waals surface area contributed by atoms with Crippen molar-refractivity contribution in [3.8, 4) is 0 Å². The molecular weight excluding hydrogens is 250 g/mol. The molecule has 0 aromatic carbocycles. The fourth-order valence-corrected chi connectivity index (χ4v) is 3.09. The van der Waals surface area contributed by atoms with E-state index < -0.39 is 0 Å². The third kappa shape index (κ3) is 3.58. The minimum absolute atomic E-state index is 0.612. The van der Waals surface area contributed by atoms with Crippen LogP contribution in [0.3, 0.4) is 0 Å². The highest BCUT2D eigenvalue weighted by Gasteiger charge is 2.33. The first kappa shape index (κ1) is 14.0. The number of rotatable bonds is 5. The predicted molar refractivity (Wildman–Crippen MR) is 79.3 cm³/mol. The monoisotopic (exact) mass is 277 g/mol. The zero-order chi connectivity index (χ0) is 13.9. The molecule has 3 rings (SSSR count). The molecule has 0 spiro atoms. The molecule has 0 radical (unpaired) electrons. The summed E-state index contributed by atoms with van der Waals surface area (Å²) in [5.74, 6) is 2.65. The molecule has 1 saturated carbocycles. The van der Waals surface area contributed by atoms with Crippen LogP contribution in [0, 0.1) is 11.8 Å². The summed E-state index contributed by atoms with van der Waals surface area (Å²) < 4.78 is 2.08. The van der Waals surface area contributed by atoms with Crippen molar-refractivity contribution in [3.05, 3.63) is 12.2 Å². The molecule has 1 aromatic heterocycles. The Morgan fingerprint density at radius 3 is 3.00 bits per heavy atom. The van der Waals surface area contributed by atoms with E-state index in [4.69, 9.17) is 0 Å². The molecule has 20 heavy (non-hydrogen) atoms. The van der Waals surface area contributed by atoms with E-state index in [1.807, 2.05) is 0 Å². The highest BCUT2D eigenvalue weighted by atomic mass is 15.3.